The van der Waals surface area contributed by atoms with Gasteiger partial charge in [-0.25, -0.2) is 8.78 Å². The number of aromatic nitrogens is 2. The minimum Gasteiger partial charge on any atom is -0.309 e. The summed E-state index contributed by atoms with van der Waals surface area (Å²) in [5.41, 5.74) is 1.96. The Hall–Kier alpha value is -2.24. The average molecular weight is 265 g/mol. The predicted octanol–water partition coefficient (Wildman–Crippen LogP) is 2.49. The summed E-state index contributed by atoms with van der Waals surface area (Å²) < 4.78 is 26.0. The topological polar surface area (TPSA) is 57.8 Å². The Labute approximate surface area is 108 Å². The van der Waals surface area contributed by atoms with Crippen LogP contribution in [0.5, 0.6) is 0 Å². The van der Waals surface area contributed by atoms with Gasteiger partial charge in [0, 0.05) is 17.3 Å². The van der Waals surface area contributed by atoms with Crippen LogP contribution in [0.25, 0.3) is 0 Å². The van der Waals surface area contributed by atoms with Crippen molar-refractivity contribution in [1.29, 1.82) is 0 Å². The van der Waals surface area contributed by atoms with Crippen LogP contribution < -0.4 is 5.32 Å². The molecule has 0 aliphatic heterocycles. The van der Waals surface area contributed by atoms with Crippen molar-refractivity contribution in [3.05, 3.63) is 46.7 Å². The van der Waals surface area contributed by atoms with E-state index in [4.69, 9.17) is 0 Å². The van der Waals surface area contributed by atoms with E-state index in [0.717, 1.165) is 29.5 Å². The second-order valence-corrected chi connectivity index (χ2v) is 4.32. The van der Waals surface area contributed by atoms with Crippen molar-refractivity contribution < 1.29 is 13.6 Å². The standard InChI is InChI=1S/C13H13F2N3O/c1-7-8(2)17-18-13(7)16-12(19)5-9-3-10(14)6-11(15)4-9/h3-4,6H,5H2,1-2H3,(H2,16,17,18,19). The van der Waals surface area contributed by atoms with E-state index in [1.54, 1.807) is 0 Å². The van der Waals surface area contributed by atoms with E-state index < -0.39 is 11.6 Å². The highest BCUT2D eigenvalue weighted by molar-refractivity contribution is 5.92. The van der Waals surface area contributed by atoms with Gasteiger partial charge < -0.3 is 5.32 Å². The molecular weight excluding hydrogens is 252 g/mol. The van der Waals surface area contributed by atoms with Crippen molar-refractivity contribution in [1.82, 2.24) is 10.2 Å². The minimum atomic E-state index is -0.699. The lowest BCUT2D eigenvalue weighted by Gasteiger charge is -2.04. The maximum Gasteiger partial charge on any atom is 0.230 e. The van der Waals surface area contributed by atoms with Crippen molar-refractivity contribution in [3.63, 3.8) is 0 Å². The molecular formula is C13H13F2N3O. The number of carbonyl (C=O) groups excluding carboxylic acids is 1. The quantitative estimate of drug-likeness (QED) is 0.895. The summed E-state index contributed by atoms with van der Waals surface area (Å²) in [5.74, 6) is -1.34. The number of nitrogens with one attached hydrogen (secondary N) is 2. The van der Waals surface area contributed by atoms with Gasteiger partial charge in [0.25, 0.3) is 0 Å². The maximum atomic E-state index is 13.0. The number of carbonyl (C=O) groups is 1. The second-order valence-electron chi connectivity index (χ2n) is 4.32. The zero-order valence-corrected chi connectivity index (χ0v) is 10.6. The summed E-state index contributed by atoms with van der Waals surface area (Å²) in [6.07, 6.45) is -0.111. The molecule has 0 aliphatic carbocycles. The van der Waals surface area contributed by atoms with Gasteiger partial charge in [0.15, 0.2) is 5.82 Å². The lowest BCUT2D eigenvalue weighted by atomic mass is 10.1. The van der Waals surface area contributed by atoms with Gasteiger partial charge in [-0.3, -0.25) is 9.89 Å². The third-order valence-corrected chi connectivity index (χ3v) is 2.80. The Kier molecular flexibility index (Phi) is 3.59. The van der Waals surface area contributed by atoms with E-state index in [2.05, 4.69) is 15.5 Å². The molecule has 2 rings (SSSR count). The normalized spacial score (nSPS) is 10.5. The first kappa shape index (κ1) is 13.2. The van der Waals surface area contributed by atoms with Crippen molar-refractivity contribution in [2.45, 2.75) is 20.3 Å². The molecule has 0 atom stereocenters. The highest BCUT2D eigenvalue weighted by Crippen LogP contribution is 2.14. The van der Waals surface area contributed by atoms with E-state index >= 15 is 0 Å². The maximum absolute atomic E-state index is 13.0. The summed E-state index contributed by atoms with van der Waals surface area (Å²) >= 11 is 0. The molecule has 1 amide bonds. The van der Waals surface area contributed by atoms with Crippen LogP contribution in [-0.2, 0) is 11.2 Å². The fourth-order valence-electron chi connectivity index (χ4n) is 1.68. The van der Waals surface area contributed by atoms with Gasteiger partial charge in [-0.15, -0.1) is 0 Å². The largest absolute Gasteiger partial charge is 0.309 e. The van der Waals surface area contributed by atoms with Crippen LogP contribution in [0.2, 0.25) is 0 Å². The Morgan fingerprint density at radius 1 is 1.26 bits per heavy atom. The van der Waals surface area contributed by atoms with E-state index in [0.29, 0.717) is 5.82 Å². The van der Waals surface area contributed by atoms with E-state index in [9.17, 15) is 13.6 Å². The van der Waals surface area contributed by atoms with Gasteiger partial charge in [0.05, 0.1) is 6.42 Å². The fraction of sp³-hybridized carbons (Fsp3) is 0.231. The van der Waals surface area contributed by atoms with Crippen LogP contribution >= 0.6 is 0 Å². The third kappa shape index (κ3) is 3.15. The Balaban J connectivity index is 2.07. The highest BCUT2D eigenvalue weighted by atomic mass is 19.1. The first-order valence-corrected chi connectivity index (χ1v) is 5.72. The van der Waals surface area contributed by atoms with Gasteiger partial charge in [-0.05, 0) is 31.5 Å². The fourth-order valence-corrected chi connectivity index (χ4v) is 1.68. The molecule has 1 aromatic heterocycles. The summed E-state index contributed by atoms with van der Waals surface area (Å²) in [7, 11) is 0. The molecule has 2 N–H and O–H groups in total. The molecule has 19 heavy (non-hydrogen) atoms. The number of anilines is 1. The molecule has 0 fully saturated rings. The summed E-state index contributed by atoms with van der Waals surface area (Å²) in [6.45, 7) is 3.65. The van der Waals surface area contributed by atoms with E-state index in [1.807, 2.05) is 13.8 Å². The SMILES string of the molecule is Cc1[nH]nc(NC(=O)Cc2cc(F)cc(F)c2)c1C. The number of aromatic amines is 1. The number of nitrogens with zero attached hydrogens (tertiary/aromatic N) is 1. The zero-order chi connectivity index (χ0) is 14.0. The van der Waals surface area contributed by atoms with Crippen molar-refractivity contribution in [2.75, 3.05) is 5.32 Å². The summed E-state index contributed by atoms with van der Waals surface area (Å²) in [5, 5.41) is 9.26. The number of H-pyrrole nitrogens is 1. The third-order valence-electron chi connectivity index (χ3n) is 2.80. The Morgan fingerprint density at radius 3 is 2.42 bits per heavy atom. The molecule has 0 saturated carbocycles. The highest BCUT2D eigenvalue weighted by Gasteiger charge is 2.11. The van der Waals surface area contributed by atoms with E-state index in [1.165, 1.54) is 0 Å². The van der Waals surface area contributed by atoms with Crippen molar-refractivity contribution in [3.8, 4) is 0 Å². The first-order valence-electron chi connectivity index (χ1n) is 5.72. The molecule has 6 heteroatoms. The lowest BCUT2D eigenvalue weighted by molar-refractivity contribution is -0.115. The first-order chi connectivity index (χ1) is 8.95. The lowest BCUT2D eigenvalue weighted by Crippen LogP contribution is -2.15. The molecule has 4 nitrogen and oxygen atoms in total. The number of halogens is 2. The number of hydrogen-bond acceptors (Lipinski definition) is 2. The van der Waals surface area contributed by atoms with Gasteiger partial charge in [0.2, 0.25) is 5.91 Å². The molecule has 100 valence electrons. The van der Waals surface area contributed by atoms with Gasteiger partial charge in [-0.2, -0.15) is 5.10 Å². The Bertz CT molecular complexity index is 602. The zero-order valence-electron chi connectivity index (χ0n) is 10.6. The molecule has 0 saturated heterocycles. The molecule has 0 radical (unpaired) electrons. The van der Waals surface area contributed by atoms with Crippen LogP contribution in [-0.4, -0.2) is 16.1 Å². The number of amides is 1. The number of rotatable bonds is 3. The van der Waals surface area contributed by atoms with E-state index in [-0.39, 0.29) is 17.9 Å². The van der Waals surface area contributed by atoms with Crippen LogP contribution in [0, 0.1) is 25.5 Å². The van der Waals surface area contributed by atoms with Gasteiger partial charge in [0.1, 0.15) is 11.6 Å². The number of aryl methyl sites for hydroxylation is 1. The molecule has 1 heterocycles. The predicted molar refractivity (Wildman–Crippen MR) is 66.8 cm³/mol. The monoisotopic (exact) mass is 265 g/mol. The number of benzene rings is 1. The molecule has 1 aromatic carbocycles. The van der Waals surface area contributed by atoms with Gasteiger partial charge >= 0.3 is 0 Å². The average Bonchev–Trinajstić information content (AvgIpc) is 2.59. The minimum absolute atomic E-state index is 0.111. The van der Waals surface area contributed by atoms with Crippen molar-refractivity contribution in [2.24, 2.45) is 0 Å². The van der Waals surface area contributed by atoms with Crippen LogP contribution in [0.4, 0.5) is 14.6 Å². The smallest absolute Gasteiger partial charge is 0.230 e. The van der Waals surface area contributed by atoms with Gasteiger partial charge in [-0.1, -0.05) is 0 Å². The second kappa shape index (κ2) is 5.17. The Morgan fingerprint density at radius 2 is 1.89 bits per heavy atom. The molecule has 0 unspecified atom stereocenters. The van der Waals surface area contributed by atoms with Crippen LogP contribution in [0.3, 0.4) is 0 Å². The van der Waals surface area contributed by atoms with Crippen molar-refractivity contribution >= 4 is 11.7 Å². The molecule has 2 aromatic rings. The molecule has 0 aliphatic rings. The molecule has 0 bridgehead atoms. The summed E-state index contributed by atoms with van der Waals surface area (Å²) in [4.78, 5) is 11.8. The number of hydrogen-bond donors (Lipinski definition) is 2. The molecule has 0 spiro atoms. The summed E-state index contributed by atoms with van der Waals surface area (Å²) in [6, 6.07) is 3.03. The van der Waals surface area contributed by atoms with Crippen LogP contribution in [0.1, 0.15) is 16.8 Å². The van der Waals surface area contributed by atoms with Crippen LogP contribution in [0.15, 0.2) is 18.2 Å².